The first-order chi connectivity index (χ1) is 16.7. The number of nitrogens with one attached hydrogen (secondary N) is 2. The lowest BCUT2D eigenvalue weighted by Crippen LogP contribution is -2.39. The summed E-state index contributed by atoms with van der Waals surface area (Å²) in [6.45, 7) is 10.2. The first-order valence-corrected chi connectivity index (χ1v) is 13.2. The fourth-order valence-corrected chi connectivity index (χ4v) is 5.07. The molecule has 2 N–H and O–H groups in total. The van der Waals surface area contributed by atoms with Crippen LogP contribution in [0.1, 0.15) is 64.5 Å². The number of para-hydroxylation sites is 1. The van der Waals surface area contributed by atoms with Crippen molar-refractivity contribution in [3.8, 4) is 0 Å². The van der Waals surface area contributed by atoms with E-state index in [1.165, 1.54) is 24.0 Å². The van der Waals surface area contributed by atoms with Crippen molar-refractivity contribution >= 4 is 22.7 Å². The van der Waals surface area contributed by atoms with Crippen molar-refractivity contribution in [2.45, 2.75) is 77.3 Å². The number of nitrogens with zero attached hydrogens (tertiary/aromatic N) is 3. The van der Waals surface area contributed by atoms with Crippen molar-refractivity contribution in [1.82, 2.24) is 15.3 Å². The van der Waals surface area contributed by atoms with E-state index in [-0.39, 0.29) is 5.41 Å². The highest BCUT2D eigenvalue weighted by Gasteiger charge is 2.22. The van der Waals surface area contributed by atoms with E-state index < -0.39 is 0 Å². The molecule has 0 aliphatic heterocycles. The molecule has 1 heterocycles. The molecule has 1 unspecified atom stereocenters. The van der Waals surface area contributed by atoms with E-state index in [1.807, 2.05) is 26.2 Å². The summed E-state index contributed by atoms with van der Waals surface area (Å²) < 4.78 is 0. The van der Waals surface area contributed by atoms with Crippen LogP contribution in [0.15, 0.2) is 48.5 Å². The third kappa shape index (κ3) is 6.72. The Morgan fingerprint density at radius 3 is 2.23 bits per heavy atom. The van der Waals surface area contributed by atoms with Crippen LogP contribution < -0.4 is 15.5 Å². The molecule has 5 heteroatoms. The zero-order valence-electron chi connectivity index (χ0n) is 22.4. The Hall–Kier alpha value is -2.66. The highest BCUT2D eigenvalue weighted by atomic mass is 15.2. The van der Waals surface area contributed by atoms with Gasteiger partial charge in [-0.25, -0.2) is 4.98 Å². The van der Waals surface area contributed by atoms with Gasteiger partial charge in [-0.1, -0.05) is 64.1 Å². The fourth-order valence-electron chi connectivity index (χ4n) is 5.07. The number of hydrogen-bond acceptors (Lipinski definition) is 5. The van der Waals surface area contributed by atoms with Crippen LogP contribution in [0.25, 0.3) is 10.9 Å². The minimum Gasteiger partial charge on any atom is -0.362 e. The molecule has 3 aromatic rings. The van der Waals surface area contributed by atoms with E-state index >= 15 is 0 Å². The van der Waals surface area contributed by atoms with Gasteiger partial charge in [0.25, 0.3) is 0 Å². The summed E-state index contributed by atoms with van der Waals surface area (Å²) in [5, 5.41) is 8.56. The topological polar surface area (TPSA) is 53.1 Å². The maximum absolute atomic E-state index is 4.82. The Balaban J connectivity index is 1.24. The zero-order valence-corrected chi connectivity index (χ0v) is 22.4. The van der Waals surface area contributed by atoms with E-state index in [0.717, 1.165) is 48.5 Å². The van der Waals surface area contributed by atoms with Gasteiger partial charge in [-0.2, -0.15) is 4.98 Å². The molecule has 0 radical (unpaired) electrons. The zero-order chi connectivity index (χ0) is 25.0. The minimum absolute atomic E-state index is 0.217. The maximum Gasteiger partial charge on any atom is 0.225 e. The van der Waals surface area contributed by atoms with Gasteiger partial charge in [0.1, 0.15) is 5.82 Å². The number of rotatable bonds is 8. The average molecular weight is 474 g/mol. The Bertz CT molecular complexity index is 1090. The molecule has 0 spiro atoms. The number of fused-ring (bicyclic) bond motifs is 1. The van der Waals surface area contributed by atoms with Crippen molar-refractivity contribution in [2.24, 2.45) is 5.92 Å². The highest BCUT2D eigenvalue weighted by molar-refractivity contribution is 5.90. The Morgan fingerprint density at radius 2 is 1.57 bits per heavy atom. The van der Waals surface area contributed by atoms with Crippen molar-refractivity contribution in [3.05, 3.63) is 59.7 Å². The Labute approximate surface area is 211 Å². The van der Waals surface area contributed by atoms with E-state index in [0.29, 0.717) is 18.0 Å². The third-order valence-corrected chi connectivity index (χ3v) is 7.23. The van der Waals surface area contributed by atoms with Crippen LogP contribution in [-0.4, -0.2) is 42.7 Å². The standard InChI is InChI=1S/C30H43N5/c1-21(19-22-11-13-23(14-12-22)30(2,3)4)20-31-24-15-17-25(18-16-24)32-29-33-27-10-8-7-9-26(27)28(34-29)35(5)6/h7-14,21,24-25,31H,15-20H2,1-6H3,(H,32,33,34)/t21?,24-,25+. The smallest absolute Gasteiger partial charge is 0.225 e. The van der Waals surface area contributed by atoms with Gasteiger partial charge < -0.3 is 15.5 Å². The summed E-state index contributed by atoms with van der Waals surface area (Å²) in [5.41, 5.74) is 4.05. The first-order valence-electron chi connectivity index (χ1n) is 13.2. The molecule has 1 atom stereocenters. The molecule has 35 heavy (non-hydrogen) atoms. The first kappa shape index (κ1) is 25.4. The Morgan fingerprint density at radius 1 is 0.914 bits per heavy atom. The number of benzene rings is 2. The minimum atomic E-state index is 0.217. The van der Waals surface area contributed by atoms with Gasteiger partial charge in [0.15, 0.2) is 0 Å². The van der Waals surface area contributed by atoms with Gasteiger partial charge >= 0.3 is 0 Å². The molecule has 5 nitrogen and oxygen atoms in total. The second-order valence-corrected chi connectivity index (χ2v) is 11.6. The van der Waals surface area contributed by atoms with Crippen LogP contribution in [0.4, 0.5) is 11.8 Å². The van der Waals surface area contributed by atoms with Gasteiger partial charge in [-0.3, -0.25) is 0 Å². The molecule has 0 amide bonds. The van der Waals surface area contributed by atoms with Crippen molar-refractivity contribution in [1.29, 1.82) is 0 Å². The van der Waals surface area contributed by atoms with Crippen LogP contribution in [0.2, 0.25) is 0 Å². The molecule has 188 valence electrons. The maximum atomic E-state index is 4.82. The average Bonchev–Trinajstić information content (AvgIpc) is 2.83. The molecule has 1 aliphatic rings. The molecular weight excluding hydrogens is 430 g/mol. The van der Waals surface area contributed by atoms with Crippen molar-refractivity contribution < 1.29 is 0 Å². The normalized spacial score (nSPS) is 19.5. The predicted octanol–water partition coefficient (Wildman–Crippen LogP) is 6.18. The second kappa shape index (κ2) is 10.9. The largest absolute Gasteiger partial charge is 0.362 e. The third-order valence-electron chi connectivity index (χ3n) is 7.23. The monoisotopic (exact) mass is 473 g/mol. The molecule has 0 saturated heterocycles. The molecule has 1 saturated carbocycles. The molecule has 2 aromatic carbocycles. The van der Waals surface area contributed by atoms with Gasteiger partial charge in [0.2, 0.25) is 5.95 Å². The summed E-state index contributed by atoms with van der Waals surface area (Å²) in [6, 6.07) is 18.5. The molecule has 1 fully saturated rings. The predicted molar refractivity (Wildman–Crippen MR) is 150 cm³/mol. The lowest BCUT2D eigenvalue weighted by Gasteiger charge is -2.31. The van der Waals surface area contributed by atoms with Crippen LogP contribution in [0, 0.1) is 5.92 Å². The lowest BCUT2D eigenvalue weighted by atomic mass is 9.86. The SMILES string of the molecule is CC(CN[C@H]1CC[C@@H](Nc2nc(N(C)C)c3ccccc3n2)CC1)Cc1ccc(C(C)(C)C)cc1. The summed E-state index contributed by atoms with van der Waals surface area (Å²) in [5.74, 6) is 2.34. The van der Waals surface area contributed by atoms with E-state index in [9.17, 15) is 0 Å². The number of aromatic nitrogens is 2. The van der Waals surface area contributed by atoms with Crippen molar-refractivity contribution in [2.75, 3.05) is 30.9 Å². The quantitative estimate of drug-likeness (QED) is 0.409. The van der Waals surface area contributed by atoms with Gasteiger partial charge in [0.05, 0.1) is 5.52 Å². The molecule has 0 bridgehead atoms. The van der Waals surface area contributed by atoms with Gasteiger partial charge in [-0.15, -0.1) is 0 Å². The van der Waals surface area contributed by atoms with Crippen LogP contribution in [0.5, 0.6) is 0 Å². The number of hydrogen-bond donors (Lipinski definition) is 2. The second-order valence-electron chi connectivity index (χ2n) is 11.6. The highest BCUT2D eigenvalue weighted by Crippen LogP contribution is 2.27. The van der Waals surface area contributed by atoms with Crippen LogP contribution >= 0.6 is 0 Å². The summed E-state index contributed by atoms with van der Waals surface area (Å²) in [6.07, 6.45) is 5.81. The van der Waals surface area contributed by atoms with E-state index in [4.69, 9.17) is 9.97 Å². The van der Waals surface area contributed by atoms with Crippen molar-refractivity contribution in [3.63, 3.8) is 0 Å². The fraction of sp³-hybridized carbons (Fsp3) is 0.533. The summed E-state index contributed by atoms with van der Waals surface area (Å²) in [7, 11) is 4.08. The van der Waals surface area contributed by atoms with E-state index in [2.05, 4.69) is 79.6 Å². The number of anilines is 2. The summed E-state index contributed by atoms with van der Waals surface area (Å²) >= 11 is 0. The molecule has 1 aromatic heterocycles. The summed E-state index contributed by atoms with van der Waals surface area (Å²) in [4.78, 5) is 11.7. The van der Waals surface area contributed by atoms with Gasteiger partial charge in [0, 0.05) is 31.6 Å². The van der Waals surface area contributed by atoms with Gasteiger partial charge in [-0.05, 0) is 73.2 Å². The van der Waals surface area contributed by atoms with Crippen LogP contribution in [-0.2, 0) is 11.8 Å². The van der Waals surface area contributed by atoms with E-state index in [1.54, 1.807) is 0 Å². The molecular formula is C30H43N5. The van der Waals surface area contributed by atoms with Crippen LogP contribution in [0.3, 0.4) is 0 Å². The Kier molecular flexibility index (Phi) is 7.95. The molecule has 1 aliphatic carbocycles. The molecule has 4 rings (SSSR count). The lowest BCUT2D eigenvalue weighted by molar-refractivity contribution is 0.336.